The zero-order chi connectivity index (χ0) is 11.3. The Labute approximate surface area is 87.5 Å². The Morgan fingerprint density at radius 2 is 2.13 bits per heavy atom. The van der Waals surface area contributed by atoms with Gasteiger partial charge in [-0.1, -0.05) is 0 Å². The second kappa shape index (κ2) is 5.21. The number of hydrogen-bond donors (Lipinski definition) is 4. The summed E-state index contributed by atoms with van der Waals surface area (Å²) in [6, 6.07) is 3.80. The van der Waals surface area contributed by atoms with E-state index in [0.717, 1.165) is 0 Å². The highest BCUT2D eigenvalue weighted by molar-refractivity contribution is 5.97. The van der Waals surface area contributed by atoms with Crippen LogP contribution in [-0.2, 0) is 0 Å². The van der Waals surface area contributed by atoms with Crippen molar-refractivity contribution in [2.45, 2.75) is 6.42 Å². The van der Waals surface area contributed by atoms with Gasteiger partial charge in [-0.25, -0.2) is 0 Å². The maximum atomic E-state index is 11.5. The van der Waals surface area contributed by atoms with Gasteiger partial charge in [0.1, 0.15) is 11.5 Å². The number of amides is 1. The minimum atomic E-state index is -0.420. The Balaban J connectivity index is 2.68. The minimum absolute atomic E-state index is 0.0585. The standard InChI is InChI=1S/C10H14N2O3/c11-4-1-5-12-10(15)8-6-7(13)2-3-9(8)14/h2-3,6,13-14H,1,4-5,11H2,(H,12,15). The summed E-state index contributed by atoms with van der Waals surface area (Å²) in [5.74, 6) is -0.633. The lowest BCUT2D eigenvalue weighted by molar-refractivity contribution is 0.0950. The quantitative estimate of drug-likeness (QED) is 0.421. The van der Waals surface area contributed by atoms with Crippen LogP contribution < -0.4 is 11.1 Å². The summed E-state index contributed by atoms with van der Waals surface area (Å²) in [6.45, 7) is 0.941. The van der Waals surface area contributed by atoms with Gasteiger partial charge in [0.25, 0.3) is 5.91 Å². The van der Waals surface area contributed by atoms with Gasteiger partial charge in [0.15, 0.2) is 0 Å². The van der Waals surface area contributed by atoms with Crippen LogP contribution in [0.1, 0.15) is 16.8 Å². The highest BCUT2D eigenvalue weighted by Crippen LogP contribution is 2.21. The van der Waals surface area contributed by atoms with E-state index in [0.29, 0.717) is 19.5 Å². The zero-order valence-corrected chi connectivity index (χ0v) is 8.23. The second-order valence-electron chi connectivity index (χ2n) is 3.10. The van der Waals surface area contributed by atoms with Crippen molar-refractivity contribution in [1.82, 2.24) is 5.32 Å². The number of benzene rings is 1. The molecule has 82 valence electrons. The van der Waals surface area contributed by atoms with Crippen molar-refractivity contribution in [2.24, 2.45) is 5.73 Å². The lowest BCUT2D eigenvalue weighted by Crippen LogP contribution is -2.25. The van der Waals surface area contributed by atoms with E-state index in [-0.39, 0.29) is 17.1 Å². The Morgan fingerprint density at radius 3 is 2.80 bits per heavy atom. The summed E-state index contributed by atoms with van der Waals surface area (Å²) in [5, 5.41) is 21.1. The van der Waals surface area contributed by atoms with Crippen molar-refractivity contribution in [3.8, 4) is 11.5 Å². The maximum Gasteiger partial charge on any atom is 0.255 e. The van der Waals surface area contributed by atoms with Gasteiger partial charge in [-0.05, 0) is 31.2 Å². The summed E-state index contributed by atoms with van der Waals surface area (Å²) >= 11 is 0. The van der Waals surface area contributed by atoms with Gasteiger partial charge in [-0.15, -0.1) is 0 Å². The molecule has 5 N–H and O–H groups in total. The monoisotopic (exact) mass is 210 g/mol. The second-order valence-corrected chi connectivity index (χ2v) is 3.10. The van der Waals surface area contributed by atoms with Crippen LogP contribution in [0.3, 0.4) is 0 Å². The number of phenolic OH excluding ortho intramolecular Hbond substituents is 2. The molecule has 0 bridgehead atoms. The van der Waals surface area contributed by atoms with E-state index in [1.165, 1.54) is 18.2 Å². The van der Waals surface area contributed by atoms with Crippen LogP contribution in [0.2, 0.25) is 0 Å². The van der Waals surface area contributed by atoms with Crippen molar-refractivity contribution >= 4 is 5.91 Å². The molecular weight excluding hydrogens is 196 g/mol. The molecule has 0 saturated heterocycles. The molecule has 5 nitrogen and oxygen atoms in total. The minimum Gasteiger partial charge on any atom is -0.508 e. The molecule has 0 fully saturated rings. The first-order valence-electron chi connectivity index (χ1n) is 4.65. The Morgan fingerprint density at radius 1 is 1.40 bits per heavy atom. The zero-order valence-electron chi connectivity index (χ0n) is 8.23. The molecule has 15 heavy (non-hydrogen) atoms. The molecule has 0 spiro atoms. The first-order chi connectivity index (χ1) is 7.15. The first kappa shape index (κ1) is 11.3. The predicted molar refractivity (Wildman–Crippen MR) is 55.8 cm³/mol. The lowest BCUT2D eigenvalue weighted by Gasteiger charge is -2.06. The van der Waals surface area contributed by atoms with Crippen LogP contribution in [0.4, 0.5) is 0 Å². The third kappa shape index (κ3) is 3.14. The molecule has 5 heteroatoms. The Kier molecular flexibility index (Phi) is 3.93. The third-order valence-corrected chi connectivity index (χ3v) is 1.89. The van der Waals surface area contributed by atoms with Crippen molar-refractivity contribution in [3.05, 3.63) is 23.8 Å². The molecule has 0 heterocycles. The third-order valence-electron chi connectivity index (χ3n) is 1.89. The molecule has 0 aliphatic carbocycles. The van der Waals surface area contributed by atoms with Crippen molar-refractivity contribution < 1.29 is 15.0 Å². The summed E-state index contributed by atoms with van der Waals surface area (Å²) in [5.41, 5.74) is 5.33. The van der Waals surface area contributed by atoms with E-state index < -0.39 is 5.91 Å². The highest BCUT2D eigenvalue weighted by Gasteiger charge is 2.10. The van der Waals surface area contributed by atoms with E-state index in [1.54, 1.807) is 0 Å². The summed E-state index contributed by atoms with van der Waals surface area (Å²) < 4.78 is 0. The van der Waals surface area contributed by atoms with Crippen LogP contribution in [0.25, 0.3) is 0 Å². The van der Waals surface area contributed by atoms with E-state index in [9.17, 15) is 9.90 Å². The summed E-state index contributed by atoms with van der Waals surface area (Å²) in [6.07, 6.45) is 0.672. The fourth-order valence-corrected chi connectivity index (χ4v) is 1.11. The average molecular weight is 210 g/mol. The van der Waals surface area contributed by atoms with Gasteiger partial charge in [0.05, 0.1) is 5.56 Å². The van der Waals surface area contributed by atoms with Gasteiger partial charge < -0.3 is 21.3 Å². The van der Waals surface area contributed by atoms with E-state index in [4.69, 9.17) is 10.8 Å². The molecule has 0 unspecified atom stereocenters. The van der Waals surface area contributed by atoms with E-state index in [1.807, 2.05) is 0 Å². The fourth-order valence-electron chi connectivity index (χ4n) is 1.11. The number of phenols is 2. The number of hydrogen-bond acceptors (Lipinski definition) is 4. The van der Waals surface area contributed by atoms with Crippen molar-refractivity contribution in [1.29, 1.82) is 0 Å². The number of aromatic hydroxyl groups is 2. The molecule has 1 aromatic rings. The van der Waals surface area contributed by atoms with Crippen LogP contribution in [0, 0.1) is 0 Å². The largest absolute Gasteiger partial charge is 0.508 e. The average Bonchev–Trinajstić information content (AvgIpc) is 2.22. The molecule has 0 aliphatic rings. The highest BCUT2D eigenvalue weighted by atomic mass is 16.3. The first-order valence-corrected chi connectivity index (χ1v) is 4.65. The van der Waals surface area contributed by atoms with Crippen molar-refractivity contribution in [3.63, 3.8) is 0 Å². The fraction of sp³-hybridized carbons (Fsp3) is 0.300. The SMILES string of the molecule is NCCCNC(=O)c1cc(O)ccc1O. The van der Waals surface area contributed by atoms with E-state index in [2.05, 4.69) is 5.32 Å². The van der Waals surface area contributed by atoms with Crippen LogP contribution in [0.5, 0.6) is 11.5 Å². The number of carbonyl (C=O) groups is 1. The van der Waals surface area contributed by atoms with Gasteiger partial charge in [-0.3, -0.25) is 4.79 Å². The number of nitrogens with two attached hydrogens (primary N) is 1. The molecule has 1 rings (SSSR count). The van der Waals surface area contributed by atoms with Gasteiger partial charge >= 0.3 is 0 Å². The topological polar surface area (TPSA) is 95.6 Å². The number of carbonyl (C=O) groups excluding carboxylic acids is 1. The lowest BCUT2D eigenvalue weighted by atomic mass is 10.1. The molecule has 0 atom stereocenters. The Hall–Kier alpha value is -1.75. The molecule has 0 radical (unpaired) electrons. The smallest absolute Gasteiger partial charge is 0.255 e. The molecule has 1 amide bonds. The number of nitrogens with one attached hydrogen (secondary N) is 1. The predicted octanol–water partition coefficient (Wildman–Crippen LogP) is 0.176. The summed E-state index contributed by atoms with van der Waals surface area (Å²) in [7, 11) is 0. The number of rotatable bonds is 4. The molecule has 0 aromatic heterocycles. The normalized spacial score (nSPS) is 9.93. The van der Waals surface area contributed by atoms with Crippen LogP contribution in [0.15, 0.2) is 18.2 Å². The van der Waals surface area contributed by atoms with Crippen molar-refractivity contribution in [2.75, 3.05) is 13.1 Å². The molecule has 0 aliphatic heterocycles. The van der Waals surface area contributed by atoms with Gasteiger partial charge in [0.2, 0.25) is 0 Å². The molecule has 1 aromatic carbocycles. The van der Waals surface area contributed by atoms with Crippen LogP contribution >= 0.6 is 0 Å². The molecule has 0 saturated carbocycles. The summed E-state index contributed by atoms with van der Waals surface area (Å²) in [4.78, 5) is 11.5. The van der Waals surface area contributed by atoms with Gasteiger partial charge in [-0.2, -0.15) is 0 Å². The Bertz CT molecular complexity index is 353. The van der Waals surface area contributed by atoms with E-state index >= 15 is 0 Å². The maximum absolute atomic E-state index is 11.5. The van der Waals surface area contributed by atoms with Gasteiger partial charge in [0, 0.05) is 6.54 Å². The van der Waals surface area contributed by atoms with Crippen LogP contribution in [-0.4, -0.2) is 29.2 Å². The molecular formula is C10H14N2O3.